The van der Waals surface area contributed by atoms with Gasteiger partial charge < -0.3 is 9.88 Å². The number of H-pyrrole nitrogens is 2. The lowest BCUT2D eigenvalue weighted by Gasteiger charge is -2.22. The minimum Gasteiger partial charge on any atom is -0.372 e. The Bertz CT molecular complexity index is 1390. The normalized spacial score (nSPS) is 14.4. The fourth-order valence-corrected chi connectivity index (χ4v) is 5.51. The van der Waals surface area contributed by atoms with Crippen molar-refractivity contribution in [3.63, 3.8) is 0 Å². The minimum atomic E-state index is -3.90. The van der Waals surface area contributed by atoms with E-state index in [1.54, 1.807) is 25.4 Å². The number of nitrogens with zero attached hydrogens (tertiary/aromatic N) is 4. The summed E-state index contributed by atoms with van der Waals surface area (Å²) < 4.78 is 42.6. The third-order valence-corrected chi connectivity index (χ3v) is 7.68. The van der Waals surface area contributed by atoms with Crippen molar-refractivity contribution < 1.29 is 12.8 Å². The largest absolute Gasteiger partial charge is 0.372 e. The standard InChI is InChI=1S/C22H23FN6O2S/c1-14-12-24-22-20(21(14)28(2)32(30,31)19-7-8-26-27-19)17(13-25-22)16-11-15(5-6-18(16)23)29-9-3-4-10-29/h5-8,11-13H,3-4,9-10H2,1-2H3,(H,24,25)(H,26,27). The number of aromatic nitrogens is 4. The van der Waals surface area contributed by atoms with Crippen LogP contribution >= 0.6 is 0 Å². The van der Waals surface area contributed by atoms with E-state index in [4.69, 9.17) is 0 Å². The summed E-state index contributed by atoms with van der Waals surface area (Å²) in [4.78, 5) is 9.73. The van der Waals surface area contributed by atoms with Crippen LogP contribution in [-0.4, -0.2) is 48.7 Å². The molecule has 0 radical (unpaired) electrons. The van der Waals surface area contributed by atoms with Gasteiger partial charge in [-0.3, -0.25) is 9.40 Å². The predicted octanol–water partition coefficient (Wildman–Crippen LogP) is 3.83. The number of benzene rings is 1. The molecule has 2 N–H and O–H groups in total. The molecule has 1 aliphatic rings. The molecule has 3 aromatic heterocycles. The number of sulfonamides is 1. The van der Waals surface area contributed by atoms with Crippen molar-refractivity contribution in [3.05, 3.63) is 54.2 Å². The van der Waals surface area contributed by atoms with Crippen molar-refractivity contribution >= 4 is 32.4 Å². The van der Waals surface area contributed by atoms with Gasteiger partial charge in [-0.15, -0.1) is 0 Å². The average molecular weight is 455 g/mol. The van der Waals surface area contributed by atoms with Gasteiger partial charge in [0.2, 0.25) is 0 Å². The molecule has 0 amide bonds. The molecule has 1 saturated heterocycles. The molecule has 0 bridgehead atoms. The van der Waals surface area contributed by atoms with Crippen LogP contribution in [-0.2, 0) is 10.0 Å². The number of hydrogen-bond donors (Lipinski definition) is 2. The highest BCUT2D eigenvalue weighted by molar-refractivity contribution is 7.92. The summed E-state index contributed by atoms with van der Waals surface area (Å²) in [7, 11) is -2.42. The van der Waals surface area contributed by atoms with E-state index < -0.39 is 10.0 Å². The first-order valence-electron chi connectivity index (χ1n) is 10.4. The number of hydrogen-bond acceptors (Lipinski definition) is 5. The lowest BCUT2D eigenvalue weighted by atomic mass is 10.0. The molecule has 0 atom stereocenters. The van der Waals surface area contributed by atoms with E-state index in [0.29, 0.717) is 33.4 Å². The van der Waals surface area contributed by atoms with E-state index in [-0.39, 0.29) is 10.8 Å². The molecule has 1 aliphatic heterocycles. The summed E-state index contributed by atoms with van der Waals surface area (Å²) in [5.74, 6) is -0.375. The van der Waals surface area contributed by atoms with Crippen molar-refractivity contribution in [1.29, 1.82) is 0 Å². The Morgan fingerprint density at radius 2 is 1.94 bits per heavy atom. The van der Waals surface area contributed by atoms with Crippen LogP contribution < -0.4 is 9.21 Å². The van der Waals surface area contributed by atoms with Crippen molar-refractivity contribution in [3.8, 4) is 11.1 Å². The zero-order chi connectivity index (χ0) is 22.5. The highest BCUT2D eigenvalue weighted by atomic mass is 32.2. The van der Waals surface area contributed by atoms with Crippen LogP contribution in [0.3, 0.4) is 0 Å². The van der Waals surface area contributed by atoms with Crippen LogP contribution in [0.4, 0.5) is 15.8 Å². The van der Waals surface area contributed by atoms with Crippen molar-refractivity contribution in [2.24, 2.45) is 0 Å². The van der Waals surface area contributed by atoms with E-state index in [2.05, 4.69) is 25.1 Å². The van der Waals surface area contributed by atoms with E-state index in [9.17, 15) is 8.42 Å². The fraction of sp³-hybridized carbons (Fsp3) is 0.273. The number of rotatable bonds is 5. The predicted molar refractivity (Wildman–Crippen MR) is 122 cm³/mol. The molecule has 4 aromatic rings. The summed E-state index contributed by atoms with van der Waals surface area (Å²) >= 11 is 0. The Hall–Kier alpha value is -3.40. The van der Waals surface area contributed by atoms with Crippen molar-refractivity contribution in [1.82, 2.24) is 20.2 Å². The molecule has 4 heterocycles. The minimum absolute atomic E-state index is 0.0244. The maximum Gasteiger partial charge on any atom is 0.281 e. The van der Waals surface area contributed by atoms with Gasteiger partial charge in [-0.25, -0.2) is 9.37 Å². The van der Waals surface area contributed by atoms with Gasteiger partial charge in [0.1, 0.15) is 11.5 Å². The van der Waals surface area contributed by atoms with Crippen LogP contribution in [0.15, 0.2) is 47.9 Å². The molecular formula is C22H23FN6O2S. The van der Waals surface area contributed by atoms with E-state index in [1.807, 2.05) is 6.07 Å². The van der Waals surface area contributed by atoms with Crippen LogP contribution in [0.1, 0.15) is 18.4 Å². The number of halogens is 1. The summed E-state index contributed by atoms with van der Waals surface area (Å²) in [5.41, 5.74) is 3.50. The second-order valence-corrected chi connectivity index (χ2v) is 9.91. The first-order valence-corrected chi connectivity index (χ1v) is 11.8. The zero-order valence-corrected chi connectivity index (χ0v) is 18.6. The van der Waals surface area contributed by atoms with Crippen LogP contribution in [0, 0.1) is 12.7 Å². The quantitative estimate of drug-likeness (QED) is 0.478. The van der Waals surface area contributed by atoms with Gasteiger partial charge >= 0.3 is 0 Å². The van der Waals surface area contributed by atoms with Gasteiger partial charge in [-0.2, -0.15) is 13.5 Å². The third kappa shape index (κ3) is 3.22. The number of aryl methyl sites for hydroxylation is 1. The van der Waals surface area contributed by atoms with Crippen LogP contribution in [0.5, 0.6) is 0 Å². The molecular weight excluding hydrogens is 431 g/mol. The fourth-order valence-electron chi connectivity index (χ4n) is 4.34. The van der Waals surface area contributed by atoms with Gasteiger partial charge in [0, 0.05) is 49.3 Å². The summed E-state index contributed by atoms with van der Waals surface area (Å²) in [6.45, 7) is 3.67. The third-order valence-electron chi connectivity index (χ3n) is 6.00. The van der Waals surface area contributed by atoms with Crippen molar-refractivity contribution in [2.75, 3.05) is 29.3 Å². The Morgan fingerprint density at radius 3 is 2.66 bits per heavy atom. The zero-order valence-electron chi connectivity index (χ0n) is 17.8. The van der Waals surface area contributed by atoms with Gasteiger partial charge in [-0.1, -0.05) is 0 Å². The monoisotopic (exact) mass is 454 g/mol. The summed E-state index contributed by atoms with van der Waals surface area (Å²) in [5, 5.41) is 6.80. The second-order valence-electron chi connectivity index (χ2n) is 7.97. The Morgan fingerprint density at radius 1 is 1.16 bits per heavy atom. The highest BCUT2D eigenvalue weighted by Crippen LogP contribution is 2.40. The number of aromatic amines is 2. The summed E-state index contributed by atoms with van der Waals surface area (Å²) in [6.07, 6.45) is 6.90. The molecule has 1 fully saturated rings. The molecule has 166 valence electrons. The molecule has 10 heteroatoms. The molecule has 32 heavy (non-hydrogen) atoms. The first-order chi connectivity index (χ1) is 15.4. The highest BCUT2D eigenvalue weighted by Gasteiger charge is 2.28. The Balaban J connectivity index is 1.71. The molecule has 0 aliphatic carbocycles. The molecule has 0 spiro atoms. The number of fused-ring (bicyclic) bond motifs is 1. The second kappa shape index (κ2) is 7.63. The van der Waals surface area contributed by atoms with Crippen LogP contribution in [0.2, 0.25) is 0 Å². The lowest BCUT2D eigenvalue weighted by Crippen LogP contribution is -2.28. The van der Waals surface area contributed by atoms with E-state index in [0.717, 1.165) is 31.6 Å². The van der Waals surface area contributed by atoms with Gasteiger partial charge in [-0.05, 0) is 49.6 Å². The van der Waals surface area contributed by atoms with E-state index in [1.165, 1.54) is 29.7 Å². The van der Waals surface area contributed by atoms with Gasteiger partial charge in [0.25, 0.3) is 10.0 Å². The maximum absolute atomic E-state index is 15.0. The van der Waals surface area contributed by atoms with Gasteiger partial charge in [0.05, 0.1) is 17.3 Å². The number of pyridine rings is 1. The Labute approximate surface area is 185 Å². The lowest BCUT2D eigenvalue weighted by molar-refractivity contribution is 0.590. The first kappa shape index (κ1) is 20.5. The smallest absolute Gasteiger partial charge is 0.281 e. The topological polar surface area (TPSA) is 98.0 Å². The SMILES string of the molecule is Cc1cnc2[nH]cc(-c3cc(N4CCCC4)ccc3F)c2c1N(C)S(=O)(=O)c1ccn[nH]1. The molecule has 0 unspecified atom stereocenters. The number of anilines is 2. The molecule has 8 nitrogen and oxygen atoms in total. The molecule has 1 aromatic carbocycles. The average Bonchev–Trinajstić information content (AvgIpc) is 3.55. The van der Waals surface area contributed by atoms with Gasteiger partial charge in [0.15, 0.2) is 5.03 Å². The van der Waals surface area contributed by atoms with Crippen molar-refractivity contribution in [2.45, 2.75) is 24.8 Å². The van der Waals surface area contributed by atoms with Crippen LogP contribution in [0.25, 0.3) is 22.2 Å². The molecule has 0 saturated carbocycles. The van der Waals surface area contributed by atoms with E-state index >= 15 is 4.39 Å². The summed E-state index contributed by atoms with van der Waals surface area (Å²) in [6, 6.07) is 6.49. The maximum atomic E-state index is 15.0. The molecule has 5 rings (SSSR count). The number of nitrogens with one attached hydrogen (secondary N) is 2. The Kier molecular flexibility index (Phi) is 4.89.